The number of fused-ring (bicyclic) bond motifs is 3. The van der Waals surface area contributed by atoms with Gasteiger partial charge in [0.15, 0.2) is 0 Å². The molecule has 7 nitrogen and oxygen atoms in total. The average Bonchev–Trinajstić information content (AvgIpc) is 3.15. The number of likely N-dealkylation sites (N-methyl/N-ethyl adjacent to an activating group) is 1. The fraction of sp³-hybridized carbons (Fsp3) is 0.292. The van der Waals surface area contributed by atoms with Gasteiger partial charge >= 0.3 is 0 Å². The lowest BCUT2D eigenvalue weighted by Crippen LogP contribution is -2.63. The Morgan fingerprint density at radius 2 is 1.81 bits per heavy atom. The van der Waals surface area contributed by atoms with Gasteiger partial charge < -0.3 is 20.1 Å². The highest BCUT2D eigenvalue weighted by atomic mass is 35.5. The maximum absolute atomic E-state index is 13.1. The number of carbonyl (C=O) groups is 3. The highest BCUT2D eigenvalue weighted by Gasteiger charge is 2.45. The highest BCUT2D eigenvalue weighted by Crippen LogP contribution is 2.31. The number of hydrogen-bond acceptors (Lipinski definition) is 3. The van der Waals surface area contributed by atoms with Crippen molar-refractivity contribution in [1.29, 1.82) is 0 Å². The largest absolute Gasteiger partial charge is 0.354 e. The molecule has 0 bridgehead atoms. The van der Waals surface area contributed by atoms with Crippen LogP contribution in [-0.4, -0.2) is 52.9 Å². The van der Waals surface area contributed by atoms with Crippen LogP contribution >= 0.6 is 11.6 Å². The van der Waals surface area contributed by atoms with Gasteiger partial charge in [-0.3, -0.25) is 14.4 Å². The van der Waals surface area contributed by atoms with E-state index in [1.807, 2.05) is 47.0 Å². The predicted octanol–water partition coefficient (Wildman–Crippen LogP) is 2.61. The molecule has 0 spiro atoms. The molecule has 166 valence electrons. The zero-order valence-electron chi connectivity index (χ0n) is 18.0. The standard InChI is InChI=1S/C24H25ClN4O3/c1-24(15-29-19-6-4-3-5-17(19)13-20(29)22(31)28(24)2)23(32)27-14-21(30)26-12-11-16-7-9-18(25)10-8-16/h3-10,13H,11-12,14-15H2,1-2H3,(H,26,30)(H,27,32)/t24-/m1/s1. The van der Waals surface area contributed by atoms with Crippen molar-refractivity contribution in [1.82, 2.24) is 20.1 Å². The maximum atomic E-state index is 13.1. The van der Waals surface area contributed by atoms with Gasteiger partial charge in [0, 0.05) is 29.5 Å². The summed E-state index contributed by atoms with van der Waals surface area (Å²) in [6.45, 7) is 2.32. The summed E-state index contributed by atoms with van der Waals surface area (Å²) in [5.41, 5.74) is 1.40. The molecule has 2 aromatic carbocycles. The molecule has 1 aliphatic rings. The lowest BCUT2D eigenvalue weighted by atomic mass is 9.95. The van der Waals surface area contributed by atoms with Crippen LogP contribution in [-0.2, 0) is 22.6 Å². The summed E-state index contributed by atoms with van der Waals surface area (Å²) in [6.07, 6.45) is 0.662. The number of benzene rings is 2. The monoisotopic (exact) mass is 452 g/mol. The van der Waals surface area contributed by atoms with E-state index in [4.69, 9.17) is 11.6 Å². The van der Waals surface area contributed by atoms with Crippen molar-refractivity contribution in [3.63, 3.8) is 0 Å². The third kappa shape index (κ3) is 4.08. The Morgan fingerprint density at radius 1 is 1.09 bits per heavy atom. The van der Waals surface area contributed by atoms with Crippen molar-refractivity contribution in [3.8, 4) is 0 Å². The van der Waals surface area contributed by atoms with Crippen LogP contribution in [0.4, 0.5) is 0 Å². The number of nitrogens with zero attached hydrogens (tertiary/aromatic N) is 2. The Hall–Kier alpha value is -3.32. The van der Waals surface area contributed by atoms with Crippen LogP contribution in [0.5, 0.6) is 0 Å². The Labute approximate surface area is 191 Å². The van der Waals surface area contributed by atoms with E-state index < -0.39 is 5.54 Å². The van der Waals surface area contributed by atoms with Gasteiger partial charge in [0.1, 0.15) is 11.2 Å². The molecule has 2 heterocycles. The minimum absolute atomic E-state index is 0.156. The molecule has 0 saturated heterocycles. The van der Waals surface area contributed by atoms with Crippen molar-refractivity contribution in [2.75, 3.05) is 20.1 Å². The zero-order valence-corrected chi connectivity index (χ0v) is 18.8. The van der Waals surface area contributed by atoms with Gasteiger partial charge in [-0.15, -0.1) is 0 Å². The summed E-state index contributed by atoms with van der Waals surface area (Å²) < 4.78 is 1.88. The van der Waals surface area contributed by atoms with Crippen LogP contribution in [0.2, 0.25) is 5.02 Å². The number of rotatable bonds is 6. The highest BCUT2D eigenvalue weighted by molar-refractivity contribution is 6.30. The van der Waals surface area contributed by atoms with Gasteiger partial charge in [-0.1, -0.05) is 41.9 Å². The molecule has 1 aromatic heterocycles. The van der Waals surface area contributed by atoms with Crippen molar-refractivity contribution in [3.05, 3.63) is 70.9 Å². The number of carbonyl (C=O) groups excluding carboxylic acids is 3. The second-order valence-electron chi connectivity index (χ2n) is 8.22. The van der Waals surface area contributed by atoms with Crippen molar-refractivity contribution >= 4 is 40.2 Å². The molecule has 0 radical (unpaired) electrons. The molecule has 0 aliphatic carbocycles. The molecular weight excluding hydrogens is 428 g/mol. The first-order valence-corrected chi connectivity index (χ1v) is 10.8. The Balaban J connectivity index is 1.37. The summed E-state index contributed by atoms with van der Waals surface area (Å²) in [7, 11) is 1.62. The zero-order chi connectivity index (χ0) is 22.9. The molecule has 3 aromatic rings. The first kappa shape index (κ1) is 21.9. The van der Waals surface area contributed by atoms with Gasteiger partial charge in [-0.2, -0.15) is 0 Å². The fourth-order valence-electron chi connectivity index (χ4n) is 4.00. The number of nitrogens with one attached hydrogen (secondary N) is 2. The molecule has 3 amide bonds. The first-order chi connectivity index (χ1) is 15.3. The third-order valence-corrected chi connectivity index (χ3v) is 6.34. The molecule has 2 N–H and O–H groups in total. The van der Waals surface area contributed by atoms with Gasteiger partial charge in [-0.05, 0) is 43.2 Å². The molecule has 0 saturated carbocycles. The van der Waals surface area contributed by atoms with Crippen LogP contribution in [0.25, 0.3) is 10.9 Å². The van der Waals surface area contributed by atoms with E-state index in [9.17, 15) is 14.4 Å². The number of aromatic nitrogens is 1. The molecule has 4 rings (SSSR count). The number of para-hydroxylation sites is 1. The van der Waals surface area contributed by atoms with Crippen LogP contribution < -0.4 is 10.6 Å². The van der Waals surface area contributed by atoms with Crippen LogP contribution in [0.15, 0.2) is 54.6 Å². The van der Waals surface area contributed by atoms with Gasteiger partial charge in [0.2, 0.25) is 11.8 Å². The van der Waals surface area contributed by atoms with E-state index in [1.165, 1.54) is 4.90 Å². The topological polar surface area (TPSA) is 83.4 Å². The number of halogens is 1. The van der Waals surface area contributed by atoms with Gasteiger partial charge in [0.25, 0.3) is 5.91 Å². The first-order valence-electron chi connectivity index (χ1n) is 10.5. The van der Waals surface area contributed by atoms with Gasteiger partial charge in [-0.25, -0.2) is 0 Å². The molecule has 32 heavy (non-hydrogen) atoms. The second-order valence-corrected chi connectivity index (χ2v) is 8.66. The molecular formula is C24H25ClN4O3. The Kier molecular flexibility index (Phi) is 5.93. The SMILES string of the molecule is CN1C(=O)c2cc3ccccc3n2C[C@]1(C)C(=O)NCC(=O)NCCc1ccc(Cl)cc1. The number of hydrogen-bond donors (Lipinski definition) is 2. The van der Waals surface area contributed by atoms with Crippen LogP contribution in [0.3, 0.4) is 0 Å². The van der Waals surface area contributed by atoms with Crippen LogP contribution in [0, 0.1) is 0 Å². The quantitative estimate of drug-likeness (QED) is 0.603. The van der Waals surface area contributed by atoms with E-state index in [1.54, 1.807) is 26.1 Å². The fourth-order valence-corrected chi connectivity index (χ4v) is 4.13. The lowest BCUT2D eigenvalue weighted by Gasteiger charge is -2.41. The van der Waals surface area contributed by atoms with Crippen molar-refractivity contribution in [2.45, 2.75) is 25.4 Å². The average molecular weight is 453 g/mol. The predicted molar refractivity (Wildman–Crippen MR) is 124 cm³/mol. The Morgan fingerprint density at radius 3 is 2.56 bits per heavy atom. The van der Waals surface area contributed by atoms with Gasteiger partial charge in [0.05, 0.1) is 13.1 Å². The third-order valence-electron chi connectivity index (χ3n) is 6.09. The Bertz CT molecular complexity index is 1190. The van der Waals surface area contributed by atoms with Crippen molar-refractivity contribution < 1.29 is 14.4 Å². The van der Waals surface area contributed by atoms with E-state index in [-0.39, 0.29) is 24.3 Å². The lowest BCUT2D eigenvalue weighted by molar-refractivity contribution is -0.134. The molecule has 0 fully saturated rings. The molecule has 1 atom stereocenters. The second kappa shape index (κ2) is 8.67. The molecule has 0 unspecified atom stereocenters. The van der Waals surface area contributed by atoms with Crippen LogP contribution in [0.1, 0.15) is 23.0 Å². The maximum Gasteiger partial charge on any atom is 0.271 e. The summed E-state index contributed by atoms with van der Waals surface area (Å²) in [5, 5.41) is 7.11. The smallest absolute Gasteiger partial charge is 0.271 e. The minimum Gasteiger partial charge on any atom is -0.354 e. The minimum atomic E-state index is -1.12. The summed E-state index contributed by atoms with van der Waals surface area (Å²) in [4.78, 5) is 39.7. The van der Waals surface area contributed by atoms with E-state index in [0.29, 0.717) is 30.2 Å². The van der Waals surface area contributed by atoms with E-state index in [2.05, 4.69) is 10.6 Å². The van der Waals surface area contributed by atoms with E-state index >= 15 is 0 Å². The van der Waals surface area contributed by atoms with E-state index in [0.717, 1.165) is 16.5 Å². The summed E-state index contributed by atoms with van der Waals surface area (Å²) >= 11 is 5.88. The summed E-state index contributed by atoms with van der Waals surface area (Å²) in [6, 6.07) is 17.0. The number of amides is 3. The summed E-state index contributed by atoms with van der Waals surface area (Å²) in [5.74, 6) is -0.880. The normalized spacial score (nSPS) is 17.8. The van der Waals surface area contributed by atoms with Crippen molar-refractivity contribution in [2.24, 2.45) is 0 Å². The molecule has 1 aliphatic heterocycles. The molecule has 8 heteroatoms.